The van der Waals surface area contributed by atoms with Gasteiger partial charge in [-0.15, -0.1) is 0 Å². The second kappa shape index (κ2) is 6.83. The van der Waals surface area contributed by atoms with Crippen molar-refractivity contribution < 1.29 is 13.9 Å². The highest BCUT2D eigenvalue weighted by Gasteiger charge is 2.19. The van der Waals surface area contributed by atoms with Gasteiger partial charge in [-0.1, -0.05) is 23.2 Å². The lowest BCUT2D eigenvalue weighted by atomic mass is 10.2. The fraction of sp³-hybridized carbons (Fsp3) is 0.286. The third kappa shape index (κ3) is 3.68. The van der Waals surface area contributed by atoms with Crippen LogP contribution in [-0.2, 0) is 6.42 Å². The Morgan fingerprint density at radius 3 is 2.71 bits per heavy atom. The van der Waals surface area contributed by atoms with Gasteiger partial charge in [0.2, 0.25) is 0 Å². The molecule has 2 aromatic rings. The molecule has 1 aromatic carbocycles. The summed E-state index contributed by atoms with van der Waals surface area (Å²) in [5.41, 5.74) is 1.000. The second-order valence-electron chi connectivity index (χ2n) is 4.30. The molecule has 0 saturated carbocycles. The van der Waals surface area contributed by atoms with Crippen molar-refractivity contribution in [2.24, 2.45) is 0 Å². The van der Waals surface area contributed by atoms with Gasteiger partial charge in [0, 0.05) is 19.9 Å². The molecule has 7 heteroatoms. The van der Waals surface area contributed by atoms with E-state index >= 15 is 0 Å². The molecule has 0 saturated heterocycles. The molecule has 2 rings (SSSR count). The minimum absolute atomic E-state index is 0.225. The van der Waals surface area contributed by atoms with E-state index in [-0.39, 0.29) is 22.2 Å². The fourth-order valence-electron chi connectivity index (χ4n) is 1.86. The van der Waals surface area contributed by atoms with Crippen molar-refractivity contribution in [3.8, 4) is 5.75 Å². The lowest BCUT2D eigenvalue weighted by molar-refractivity contribution is 0.0951. The molecule has 1 N–H and O–H groups in total. The smallest absolute Gasteiger partial charge is 0.256 e. The molecule has 0 aliphatic carbocycles. The zero-order valence-electron chi connectivity index (χ0n) is 11.6. The summed E-state index contributed by atoms with van der Waals surface area (Å²) in [4.78, 5) is 16.4. The van der Waals surface area contributed by atoms with Crippen molar-refractivity contribution in [1.29, 1.82) is 0 Å². The van der Waals surface area contributed by atoms with Gasteiger partial charge in [0.05, 0.1) is 22.8 Å². The zero-order chi connectivity index (χ0) is 15.4. The SMILES string of the molecule is COc1c(Cl)ccc(Cl)c1C(=O)NCCc1coc(C)n1. The van der Waals surface area contributed by atoms with E-state index in [0.29, 0.717) is 23.9 Å². The first-order valence-electron chi connectivity index (χ1n) is 6.24. The predicted octanol–water partition coefficient (Wildman–Crippen LogP) is 3.27. The minimum atomic E-state index is -0.348. The molecule has 0 aliphatic rings. The summed E-state index contributed by atoms with van der Waals surface area (Å²) in [5, 5.41) is 3.37. The Kier molecular flexibility index (Phi) is 5.09. The van der Waals surface area contributed by atoms with Crippen LogP contribution < -0.4 is 10.1 Å². The second-order valence-corrected chi connectivity index (χ2v) is 5.12. The number of hydrogen-bond acceptors (Lipinski definition) is 4. The Morgan fingerprint density at radius 2 is 2.10 bits per heavy atom. The van der Waals surface area contributed by atoms with Crippen molar-refractivity contribution in [3.63, 3.8) is 0 Å². The van der Waals surface area contributed by atoms with Crippen LogP contribution in [0, 0.1) is 6.92 Å². The van der Waals surface area contributed by atoms with Crippen LogP contribution in [0.3, 0.4) is 0 Å². The van der Waals surface area contributed by atoms with Crippen molar-refractivity contribution in [2.45, 2.75) is 13.3 Å². The maximum absolute atomic E-state index is 12.2. The van der Waals surface area contributed by atoms with Crippen LogP contribution in [0.4, 0.5) is 0 Å². The molecule has 0 fully saturated rings. The number of amides is 1. The number of aromatic nitrogens is 1. The molecule has 1 aromatic heterocycles. The molecule has 5 nitrogen and oxygen atoms in total. The van der Waals surface area contributed by atoms with Gasteiger partial charge in [-0.2, -0.15) is 0 Å². The van der Waals surface area contributed by atoms with Gasteiger partial charge < -0.3 is 14.5 Å². The summed E-state index contributed by atoms with van der Waals surface area (Å²) in [5.74, 6) is 0.509. The minimum Gasteiger partial charge on any atom is -0.494 e. The van der Waals surface area contributed by atoms with Crippen molar-refractivity contribution in [1.82, 2.24) is 10.3 Å². The first-order chi connectivity index (χ1) is 10.0. The lowest BCUT2D eigenvalue weighted by Gasteiger charge is -2.12. The van der Waals surface area contributed by atoms with Gasteiger partial charge in [0.15, 0.2) is 11.6 Å². The number of nitrogens with one attached hydrogen (secondary N) is 1. The highest BCUT2D eigenvalue weighted by molar-refractivity contribution is 6.37. The number of benzene rings is 1. The highest BCUT2D eigenvalue weighted by atomic mass is 35.5. The molecule has 0 unspecified atom stereocenters. The van der Waals surface area contributed by atoms with Gasteiger partial charge in [0.1, 0.15) is 11.8 Å². The number of ether oxygens (including phenoxy) is 1. The Morgan fingerprint density at radius 1 is 1.38 bits per heavy atom. The molecule has 21 heavy (non-hydrogen) atoms. The Bertz CT molecular complexity index is 656. The summed E-state index contributed by atoms with van der Waals surface area (Å²) in [6.45, 7) is 2.16. The number of carbonyl (C=O) groups excluding carboxylic acids is 1. The van der Waals surface area contributed by atoms with Crippen LogP contribution in [0.2, 0.25) is 10.0 Å². The van der Waals surface area contributed by atoms with Crippen LogP contribution >= 0.6 is 23.2 Å². The van der Waals surface area contributed by atoms with E-state index in [0.717, 1.165) is 5.69 Å². The molecule has 112 valence electrons. The van der Waals surface area contributed by atoms with E-state index in [1.165, 1.54) is 7.11 Å². The van der Waals surface area contributed by atoms with Gasteiger partial charge in [-0.05, 0) is 12.1 Å². The summed E-state index contributed by atoms with van der Waals surface area (Å²) in [6.07, 6.45) is 2.12. The summed E-state index contributed by atoms with van der Waals surface area (Å²) in [6, 6.07) is 3.14. The van der Waals surface area contributed by atoms with E-state index in [4.69, 9.17) is 32.4 Å². The topological polar surface area (TPSA) is 64.4 Å². The highest BCUT2D eigenvalue weighted by Crippen LogP contribution is 2.33. The number of carbonyl (C=O) groups is 1. The summed E-state index contributed by atoms with van der Waals surface area (Å²) >= 11 is 12.0. The van der Waals surface area contributed by atoms with Crippen molar-refractivity contribution in [2.75, 3.05) is 13.7 Å². The van der Waals surface area contributed by atoms with Crippen molar-refractivity contribution in [3.05, 3.63) is 45.6 Å². The standard InChI is InChI=1S/C14H14Cl2N2O3/c1-8-18-9(7-21-8)5-6-17-14(19)12-10(15)3-4-11(16)13(12)20-2/h3-4,7H,5-6H2,1-2H3,(H,17,19). The largest absolute Gasteiger partial charge is 0.494 e. The average molecular weight is 329 g/mol. The maximum Gasteiger partial charge on any atom is 0.256 e. The van der Waals surface area contributed by atoms with Crippen molar-refractivity contribution >= 4 is 29.1 Å². The molecular formula is C14H14Cl2N2O3. The number of halogens is 2. The molecule has 0 spiro atoms. The molecular weight excluding hydrogens is 315 g/mol. The van der Waals surface area contributed by atoms with Gasteiger partial charge in [0.25, 0.3) is 5.91 Å². The average Bonchev–Trinajstić information content (AvgIpc) is 2.86. The van der Waals surface area contributed by atoms with Crippen LogP contribution in [0.5, 0.6) is 5.75 Å². The van der Waals surface area contributed by atoms with Crippen LogP contribution in [0.1, 0.15) is 21.9 Å². The van der Waals surface area contributed by atoms with Crippen LogP contribution in [-0.4, -0.2) is 24.5 Å². The van der Waals surface area contributed by atoms with E-state index in [1.807, 2.05) is 0 Å². The Balaban J connectivity index is 2.05. The molecule has 0 atom stereocenters. The normalized spacial score (nSPS) is 10.5. The number of nitrogens with zero attached hydrogens (tertiary/aromatic N) is 1. The molecule has 0 aliphatic heterocycles. The maximum atomic E-state index is 12.2. The van der Waals surface area contributed by atoms with Gasteiger partial charge in [-0.25, -0.2) is 4.98 Å². The number of hydrogen-bond donors (Lipinski definition) is 1. The zero-order valence-corrected chi connectivity index (χ0v) is 13.1. The lowest BCUT2D eigenvalue weighted by Crippen LogP contribution is -2.26. The van der Waals surface area contributed by atoms with E-state index in [1.54, 1.807) is 25.3 Å². The molecule has 1 amide bonds. The molecule has 0 bridgehead atoms. The quantitative estimate of drug-likeness (QED) is 0.914. The third-order valence-corrected chi connectivity index (χ3v) is 3.44. The Hall–Kier alpha value is -1.72. The first kappa shape index (κ1) is 15.7. The number of oxazole rings is 1. The van der Waals surface area contributed by atoms with E-state index in [2.05, 4.69) is 10.3 Å². The fourth-order valence-corrected chi connectivity index (χ4v) is 2.33. The molecule has 0 radical (unpaired) electrons. The van der Waals surface area contributed by atoms with E-state index < -0.39 is 0 Å². The predicted molar refractivity (Wildman–Crippen MR) is 80.3 cm³/mol. The molecule has 1 heterocycles. The van der Waals surface area contributed by atoms with Gasteiger partial charge >= 0.3 is 0 Å². The Labute approximate surface area is 132 Å². The first-order valence-corrected chi connectivity index (χ1v) is 6.99. The number of rotatable bonds is 5. The monoisotopic (exact) mass is 328 g/mol. The third-order valence-electron chi connectivity index (χ3n) is 2.82. The van der Waals surface area contributed by atoms with Crippen LogP contribution in [0.25, 0.3) is 0 Å². The summed E-state index contributed by atoms with van der Waals surface area (Å²) < 4.78 is 10.2. The van der Waals surface area contributed by atoms with E-state index in [9.17, 15) is 4.79 Å². The van der Waals surface area contributed by atoms with Crippen LogP contribution in [0.15, 0.2) is 22.8 Å². The summed E-state index contributed by atoms with van der Waals surface area (Å²) in [7, 11) is 1.44. The van der Waals surface area contributed by atoms with Gasteiger partial charge in [-0.3, -0.25) is 4.79 Å². The number of aryl methyl sites for hydroxylation is 1. The number of methoxy groups -OCH3 is 1.